The van der Waals surface area contributed by atoms with Crippen molar-refractivity contribution in [3.8, 4) is 0 Å². The van der Waals surface area contributed by atoms with Gasteiger partial charge in [0.2, 0.25) is 5.82 Å². The summed E-state index contributed by atoms with van der Waals surface area (Å²) in [5.74, 6) is 2.29. The van der Waals surface area contributed by atoms with Gasteiger partial charge in [0.25, 0.3) is 6.43 Å². The number of hydrogen-bond acceptors (Lipinski definition) is 6. The van der Waals surface area contributed by atoms with E-state index in [1.165, 1.54) is 0 Å². The van der Waals surface area contributed by atoms with Crippen LogP contribution < -0.4 is 5.32 Å². The van der Waals surface area contributed by atoms with Crippen LogP contribution in [0.2, 0.25) is 0 Å². The number of alkyl halides is 2. The number of fused-ring (bicyclic) bond motifs is 1. The van der Waals surface area contributed by atoms with Crippen LogP contribution in [-0.4, -0.2) is 49.6 Å². The molecule has 23 heavy (non-hydrogen) atoms. The van der Waals surface area contributed by atoms with Crippen molar-refractivity contribution in [3.05, 3.63) is 18.0 Å². The predicted molar refractivity (Wildman–Crippen MR) is 83.0 cm³/mol. The van der Waals surface area contributed by atoms with E-state index in [0.717, 1.165) is 41.9 Å². The van der Waals surface area contributed by atoms with E-state index < -0.39 is 12.2 Å². The molecule has 9 heteroatoms. The first kappa shape index (κ1) is 15.1. The van der Waals surface area contributed by atoms with Gasteiger partial charge in [0.05, 0.1) is 5.60 Å². The second-order valence-corrected chi connectivity index (χ2v) is 7.12. The number of halogens is 2. The highest BCUT2D eigenvalue weighted by molar-refractivity contribution is 7.99. The number of ether oxygens (including phenoxy) is 1. The van der Waals surface area contributed by atoms with Crippen LogP contribution in [0, 0.1) is 0 Å². The molecule has 0 saturated carbocycles. The first-order chi connectivity index (χ1) is 11.2. The molecule has 0 aliphatic carbocycles. The lowest BCUT2D eigenvalue weighted by molar-refractivity contribution is -0.0628. The third kappa shape index (κ3) is 2.87. The van der Waals surface area contributed by atoms with Crippen molar-refractivity contribution in [1.82, 2.24) is 19.8 Å². The third-order valence-corrected chi connectivity index (χ3v) is 5.62. The highest BCUT2D eigenvalue weighted by atomic mass is 32.2. The van der Waals surface area contributed by atoms with E-state index in [0.29, 0.717) is 11.5 Å². The minimum Gasteiger partial charge on any atom is -0.374 e. The molecule has 2 atom stereocenters. The molecule has 2 fully saturated rings. The fraction of sp³-hybridized carbons (Fsp3) is 0.643. The smallest absolute Gasteiger partial charge is 0.299 e. The van der Waals surface area contributed by atoms with Crippen LogP contribution in [0.4, 0.5) is 14.6 Å². The van der Waals surface area contributed by atoms with Crippen LogP contribution >= 0.6 is 11.8 Å². The zero-order valence-corrected chi connectivity index (χ0v) is 13.2. The quantitative estimate of drug-likeness (QED) is 0.925. The molecule has 6 nitrogen and oxygen atoms in total. The summed E-state index contributed by atoms with van der Waals surface area (Å²) in [7, 11) is 0. The van der Waals surface area contributed by atoms with Gasteiger partial charge in [-0.05, 0) is 37.1 Å². The first-order valence-corrected chi connectivity index (χ1v) is 8.79. The monoisotopic (exact) mass is 341 g/mol. The van der Waals surface area contributed by atoms with Gasteiger partial charge >= 0.3 is 0 Å². The molecule has 124 valence electrons. The van der Waals surface area contributed by atoms with E-state index in [1.54, 1.807) is 12.1 Å². The summed E-state index contributed by atoms with van der Waals surface area (Å²) in [6.07, 6.45) is 0.178. The van der Waals surface area contributed by atoms with Crippen LogP contribution in [0.25, 0.3) is 5.65 Å². The molecule has 2 aliphatic heterocycles. The highest BCUT2D eigenvalue weighted by Gasteiger charge is 2.40. The van der Waals surface area contributed by atoms with Gasteiger partial charge in [0.1, 0.15) is 5.82 Å². The van der Waals surface area contributed by atoms with Crippen LogP contribution in [0.15, 0.2) is 12.1 Å². The Hall–Kier alpha value is -1.48. The molecule has 0 bridgehead atoms. The van der Waals surface area contributed by atoms with E-state index >= 15 is 0 Å². The average Bonchev–Trinajstić information content (AvgIpc) is 3.14. The van der Waals surface area contributed by atoms with Crippen molar-refractivity contribution >= 4 is 23.2 Å². The van der Waals surface area contributed by atoms with Gasteiger partial charge in [-0.1, -0.05) is 0 Å². The van der Waals surface area contributed by atoms with Crippen LogP contribution in [0.5, 0.6) is 0 Å². The second-order valence-electron chi connectivity index (χ2n) is 6.02. The number of aromatic nitrogens is 4. The molecule has 1 N–H and O–H groups in total. The Morgan fingerprint density at radius 2 is 2.30 bits per heavy atom. The first-order valence-electron chi connectivity index (χ1n) is 7.64. The Morgan fingerprint density at radius 1 is 1.39 bits per heavy atom. The largest absolute Gasteiger partial charge is 0.374 e. The summed E-state index contributed by atoms with van der Waals surface area (Å²) < 4.78 is 32.9. The van der Waals surface area contributed by atoms with Crippen molar-refractivity contribution in [2.75, 3.05) is 23.4 Å². The van der Waals surface area contributed by atoms with Crippen molar-refractivity contribution in [2.45, 2.75) is 37.3 Å². The summed E-state index contributed by atoms with van der Waals surface area (Å²) in [4.78, 5) is 0. The maximum atomic E-state index is 12.9. The molecule has 1 spiro atoms. The Balaban J connectivity index is 1.54. The maximum absolute atomic E-state index is 12.9. The Bertz CT molecular complexity index is 704. The molecule has 2 aromatic heterocycles. The van der Waals surface area contributed by atoms with Crippen LogP contribution in [0.3, 0.4) is 0 Å². The molecule has 0 radical (unpaired) electrons. The maximum Gasteiger partial charge on any atom is 0.299 e. The molecule has 2 aliphatic rings. The topological polar surface area (TPSA) is 64.3 Å². The molecular formula is C14H17F2N5OS. The highest BCUT2D eigenvalue weighted by Crippen LogP contribution is 2.38. The van der Waals surface area contributed by atoms with Gasteiger partial charge < -0.3 is 10.1 Å². The number of nitrogens with one attached hydrogen (secondary N) is 1. The molecule has 0 unspecified atom stereocenters. The molecule has 0 amide bonds. The molecular weight excluding hydrogens is 324 g/mol. The summed E-state index contributed by atoms with van der Waals surface area (Å²) in [6, 6.07) is 3.64. The Labute approximate surface area is 136 Å². The van der Waals surface area contributed by atoms with Crippen LogP contribution in [0.1, 0.15) is 31.5 Å². The van der Waals surface area contributed by atoms with E-state index in [-0.39, 0.29) is 11.6 Å². The summed E-state index contributed by atoms with van der Waals surface area (Å²) in [5.41, 5.74) is 0.288. The van der Waals surface area contributed by atoms with E-state index in [9.17, 15) is 8.78 Å². The molecule has 4 heterocycles. The second kappa shape index (κ2) is 5.86. The van der Waals surface area contributed by atoms with Crippen molar-refractivity contribution < 1.29 is 13.5 Å². The summed E-state index contributed by atoms with van der Waals surface area (Å²) in [6.45, 7) is 0.718. The standard InChI is InChI=1S/C14H17F2N5OS/c15-12(16)13-19-18-11-2-1-10(20-21(11)13)17-9-3-5-22-14(7-9)4-6-23-8-14/h1-2,9,12H,3-8H2,(H,17,20)/t9-,14-/m1/s1. The number of anilines is 1. The lowest BCUT2D eigenvalue weighted by Crippen LogP contribution is -2.44. The van der Waals surface area contributed by atoms with Gasteiger partial charge in [-0.3, -0.25) is 0 Å². The number of hydrogen-bond donors (Lipinski definition) is 1. The zero-order chi connectivity index (χ0) is 15.9. The van der Waals surface area contributed by atoms with E-state index in [2.05, 4.69) is 20.6 Å². The van der Waals surface area contributed by atoms with Crippen molar-refractivity contribution in [2.24, 2.45) is 0 Å². The molecule has 4 rings (SSSR count). The van der Waals surface area contributed by atoms with Gasteiger partial charge in [-0.15, -0.1) is 15.3 Å². The average molecular weight is 341 g/mol. The van der Waals surface area contributed by atoms with Gasteiger partial charge in [0, 0.05) is 18.4 Å². The minimum absolute atomic E-state index is 0.0324. The summed E-state index contributed by atoms with van der Waals surface area (Å²) in [5, 5.41) is 14.8. The van der Waals surface area contributed by atoms with Gasteiger partial charge in [-0.2, -0.15) is 16.3 Å². The van der Waals surface area contributed by atoms with E-state index in [1.807, 2.05) is 11.8 Å². The number of thioether (sulfide) groups is 1. The molecule has 2 aromatic rings. The number of rotatable bonds is 3. The van der Waals surface area contributed by atoms with Gasteiger partial charge in [-0.25, -0.2) is 8.78 Å². The fourth-order valence-corrected chi connectivity index (χ4v) is 4.62. The Morgan fingerprint density at radius 3 is 3.09 bits per heavy atom. The van der Waals surface area contributed by atoms with Gasteiger partial charge in [0.15, 0.2) is 5.65 Å². The van der Waals surface area contributed by atoms with E-state index in [4.69, 9.17) is 4.74 Å². The predicted octanol–water partition coefficient (Wildman–Crippen LogP) is 2.53. The lowest BCUT2D eigenvalue weighted by atomic mass is 9.90. The Kier molecular flexibility index (Phi) is 3.84. The summed E-state index contributed by atoms with van der Waals surface area (Å²) >= 11 is 1.92. The van der Waals surface area contributed by atoms with Crippen molar-refractivity contribution in [3.63, 3.8) is 0 Å². The normalized spacial score (nSPS) is 28.0. The van der Waals surface area contributed by atoms with Crippen molar-refractivity contribution in [1.29, 1.82) is 0 Å². The minimum atomic E-state index is -2.70. The number of nitrogens with zero attached hydrogens (tertiary/aromatic N) is 4. The molecule has 2 saturated heterocycles. The van der Waals surface area contributed by atoms with Crippen LogP contribution in [-0.2, 0) is 4.74 Å². The lowest BCUT2D eigenvalue weighted by Gasteiger charge is -2.38. The fourth-order valence-electron chi connectivity index (χ4n) is 3.24. The SMILES string of the molecule is FC(F)c1nnc2ccc(N[C@@H]3CCO[C@]4(CCSC4)C3)nn12. The zero-order valence-electron chi connectivity index (χ0n) is 12.4. The third-order valence-electron chi connectivity index (χ3n) is 4.39. The molecule has 0 aromatic carbocycles.